The van der Waals surface area contributed by atoms with E-state index in [1.165, 1.54) is 0 Å². The second-order valence-corrected chi connectivity index (χ2v) is 5.87. The van der Waals surface area contributed by atoms with Crippen molar-refractivity contribution in [2.75, 3.05) is 25.0 Å². The lowest BCUT2D eigenvalue weighted by molar-refractivity contribution is 0.182. The van der Waals surface area contributed by atoms with Gasteiger partial charge in [-0.3, -0.25) is 4.90 Å². The summed E-state index contributed by atoms with van der Waals surface area (Å²) in [6, 6.07) is 2.94. The first-order chi connectivity index (χ1) is 9.93. The molecular formula is C16H30N4O. The summed E-state index contributed by atoms with van der Waals surface area (Å²) in [5, 5.41) is 3.30. The number of rotatable bonds is 9. The molecule has 0 saturated carbocycles. The van der Waals surface area contributed by atoms with Crippen LogP contribution in [0, 0.1) is 6.92 Å². The number of nitrogens with one attached hydrogen (secondary N) is 1. The Morgan fingerprint density at radius 2 is 1.86 bits per heavy atom. The van der Waals surface area contributed by atoms with Gasteiger partial charge in [0.05, 0.1) is 6.61 Å². The van der Waals surface area contributed by atoms with E-state index in [-0.39, 0.29) is 0 Å². The van der Waals surface area contributed by atoms with Crippen molar-refractivity contribution in [2.24, 2.45) is 0 Å². The lowest BCUT2D eigenvalue weighted by Crippen LogP contribution is -2.40. The molecule has 0 amide bonds. The number of ether oxygens (including phenoxy) is 1. The van der Waals surface area contributed by atoms with E-state index in [0.29, 0.717) is 30.5 Å². The number of nitrogens with zero attached hydrogens (tertiary/aromatic N) is 3. The van der Waals surface area contributed by atoms with E-state index in [1.54, 1.807) is 0 Å². The molecule has 1 aromatic rings. The van der Waals surface area contributed by atoms with Gasteiger partial charge >= 0.3 is 0 Å². The Bertz CT molecular complexity index is 413. The van der Waals surface area contributed by atoms with Crippen molar-refractivity contribution in [1.29, 1.82) is 0 Å². The van der Waals surface area contributed by atoms with Crippen molar-refractivity contribution in [2.45, 2.75) is 60.0 Å². The fourth-order valence-corrected chi connectivity index (χ4v) is 2.31. The third-order valence-electron chi connectivity index (χ3n) is 3.26. The molecule has 0 unspecified atom stereocenters. The minimum absolute atomic E-state index is 0.536. The molecule has 0 saturated heterocycles. The maximum Gasteiger partial charge on any atom is 0.226 e. The Morgan fingerprint density at radius 3 is 2.43 bits per heavy atom. The zero-order valence-electron chi connectivity index (χ0n) is 14.3. The van der Waals surface area contributed by atoms with Crippen LogP contribution in [0.25, 0.3) is 0 Å². The van der Waals surface area contributed by atoms with Gasteiger partial charge in [0.15, 0.2) is 0 Å². The Labute approximate surface area is 129 Å². The largest absolute Gasteiger partial charge is 0.478 e. The van der Waals surface area contributed by atoms with Gasteiger partial charge in [-0.1, -0.05) is 6.92 Å². The first-order valence-electron chi connectivity index (χ1n) is 7.92. The van der Waals surface area contributed by atoms with Crippen LogP contribution in [0.4, 0.5) is 5.95 Å². The van der Waals surface area contributed by atoms with E-state index >= 15 is 0 Å². The minimum Gasteiger partial charge on any atom is -0.478 e. The molecule has 1 N–H and O–H groups in total. The summed E-state index contributed by atoms with van der Waals surface area (Å²) in [7, 11) is 0. The smallest absolute Gasteiger partial charge is 0.226 e. The number of aromatic nitrogens is 2. The second kappa shape index (κ2) is 8.82. The quantitative estimate of drug-likeness (QED) is 0.758. The molecule has 5 nitrogen and oxygen atoms in total. The molecule has 0 aliphatic heterocycles. The van der Waals surface area contributed by atoms with E-state index in [4.69, 9.17) is 4.74 Å². The Hall–Kier alpha value is -1.36. The fraction of sp³-hybridized carbons (Fsp3) is 0.750. The van der Waals surface area contributed by atoms with Gasteiger partial charge in [0.2, 0.25) is 11.8 Å². The number of hydrogen-bond acceptors (Lipinski definition) is 5. The molecule has 0 aromatic carbocycles. The summed E-state index contributed by atoms with van der Waals surface area (Å²) >= 11 is 0. The predicted molar refractivity (Wildman–Crippen MR) is 88.0 cm³/mol. The average Bonchev–Trinajstić information content (AvgIpc) is 2.40. The van der Waals surface area contributed by atoms with E-state index in [9.17, 15) is 0 Å². The van der Waals surface area contributed by atoms with Crippen LogP contribution in [0.2, 0.25) is 0 Å². The third kappa shape index (κ3) is 6.29. The van der Waals surface area contributed by atoms with E-state index in [2.05, 4.69) is 54.8 Å². The van der Waals surface area contributed by atoms with Gasteiger partial charge < -0.3 is 10.1 Å². The van der Waals surface area contributed by atoms with Crippen LogP contribution in [-0.4, -0.2) is 46.6 Å². The van der Waals surface area contributed by atoms with Gasteiger partial charge in [0.25, 0.3) is 0 Å². The lowest BCUT2D eigenvalue weighted by Gasteiger charge is -2.30. The highest BCUT2D eigenvalue weighted by Gasteiger charge is 2.12. The van der Waals surface area contributed by atoms with Crippen LogP contribution in [0.3, 0.4) is 0 Å². The monoisotopic (exact) mass is 294 g/mol. The van der Waals surface area contributed by atoms with Gasteiger partial charge in [-0.15, -0.1) is 0 Å². The predicted octanol–water partition coefficient (Wildman–Crippen LogP) is 3.10. The van der Waals surface area contributed by atoms with Crippen molar-refractivity contribution >= 4 is 5.95 Å². The Morgan fingerprint density at radius 1 is 1.19 bits per heavy atom. The van der Waals surface area contributed by atoms with Crippen LogP contribution in [0.1, 0.15) is 46.7 Å². The highest BCUT2D eigenvalue weighted by Crippen LogP contribution is 2.12. The maximum atomic E-state index is 5.58. The Balaban J connectivity index is 2.56. The lowest BCUT2D eigenvalue weighted by atomic mass is 10.2. The van der Waals surface area contributed by atoms with Gasteiger partial charge in [0.1, 0.15) is 0 Å². The number of anilines is 1. The summed E-state index contributed by atoms with van der Waals surface area (Å²) in [6.07, 6.45) is 0.976. The third-order valence-corrected chi connectivity index (χ3v) is 3.26. The highest BCUT2D eigenvalue weighted by molar-refractivity contribution is 5.30. The van der Waals surface area contributed by atoms with Crippen LogP contribution < -0.4 is 10.1 Å². The zero-order valence-corrected chi connectivity index (χ0v) is 14.3. The molecule has 0 spiro atoms. The average molecular weight is 294 g/mol. The van der Waals surface area contributed by atoms with Gasteiger partial charge in [-0.2, -0.15) is 4.98 Å². The van der Waals surface area contributed by atoms with Crippen molar-refractivity contribution in [3.05, 3.63) is 11.8 Å². The highest BCUT2D eigenvalue weighted by atomic mass is 16.5. The molecule has 1 heterocycles. The van der Waals surface area contributed by atoms with Crippen molar-refractivity contribution < 1.29 is 4.74 Å². The summed E-state index contributed by atoms with van der Waals surface area (Å²) in [6.45, 7) is 15.4. The van der Waals surface area contributed by atoms with E-state index in [0.717, 1.165) is 25.2 Å². The molecule has 0 atom stereocenters. The van der Waals surface area contributed by atoms with Crippen LogP contribution >= 0.6 is 0 Å². The molecule has 120 valence electrons. The minimum atomic E-state index is 0.536. The maximum absolute atomic E-state index is 5.58. The van der Waals surface area contributed by atoms with Crippen molar-refractivity contribution in [3.63, 3.8) is 0 Å². The summed E-state index contributed by atoms with van der Waals surface area (Å²) in [5.74, 6) is 1.30. The summed E-state index contributed by atoms with van der Waals surface area (Å²) in [4.78, 5) is 11.2. The molecule has 0 fully saturated rings. The molecule has 0 bridgehead atoms. The topological polar surface area (TPSA) is 50.3 Å². The van der Waals surface area contributed by atoms with Gasteiger partial charge in [0, 0.05) is 36.9 Å². The van der Waals surface area contributed by atoms with Crippen molar-refractivity contribution in [1.82, 2.24) is 14.9 Å². The van der Waals surface area contributed by atoms with Crippen molar-refractivity contribution in [3.8, 4) is 5.88 Å². The van der Waals surface area contributed by atoms with E-state index in [1.807, 2.05) is 13.0 Å². The summed E-state index contributed by atoms with van der Waals surface area (Å²) in [5.41, 5.74) is 0.920. The standard InChI is InChI=1S/C16H30N4O/c1-7-10-21-15-11-14(6)18-16(19-15)17-8-9-20(12(2)3)13(4)5/h11-13H,7-10H2,1-6H3,(H,17,18,19). The molecule has 1 rings (SSSR count). The fourth-order valence-electron chi connectivity index (χ4n) is 2.31. The summed E-state index contributed by atoms with van der Waals surface area (Å²) < 4.78 is 5.58. The number of hydrogen-bond donors (Lipinski definition) is 1. The molecule has 5 heteroatoms. The molecule has 0 aliphatic rings. The molecule has 1 aromatic heterocycles. The SMILES string of the molecule is CCCOc1cc(C)nc(NCCN(C(C)C)C(C)C)n1. The zero-order chi connectivity index (χ0) is 15.8. The van der Waals surface area contributed by atoms with Gasteiger partial charge in [-0.25, -0.2) is 4.98 Å². The van der Waals surface area contributed by atoms with E-state index < -0.39 is 0 Å². The number of aryl methyl sites for hydroxylation is 1. The molecular weight excluding hydrogens is 264 g/mol. The molecule has 0 aliphatic carbocycles. The first kappa shape index (κ1) is 17.7. The second-order valence-electron chi connectivity index (χ2n) is 5.87. The Kier molecular flexibility index (Phi) is 7.43. The molecule has 21 heavy (non-hydrogen) atoms. The van der Waals surface area contributed by atoms with Gasteiger partial charge in [-0.05, 0) is 41.0 Å². The normalized spacial score (nSPS) is 11.5. The first-order valence-corrected chi connectivity index (χ1v) is 7.92. The van der Waals surface area contributed by atoms with Crippen LogP contribution in [-0.2, 0) is 0 Å². The van der Waals surface area contributed by atoms with Crippen LogP contribution in [0.5, 0.6) is 5.88 Å². The van der Waals surface area contributed by atoms with Crippen LogP contribution in [0.15, 0.2) is 6.07 Å². The molecule has 0 radical (unpaired) electrons.